The summed E-state index contributed by atoms with van der Waals surface area (Å²) in [6.07, 6.45) is -0.169. The van der Waals surface area contributed by atoms with Crippen LogP contribution in [0, 0.1) is 0 Å². The van der Waals surface area contributed by atoms with Gasteiger partial charge in [-0.3, -0.25) is 0 Å². The van der Waals surface area contributed by atoms with Crippen molar-refractivity contribution in [3.05, 3.63) is 58.1 Å². The largest absolute Gasteiger partial charge is 0.374 e. The van der Waals surface area contributed by atoms with Gasteiger partial charge in [0.25, 0.3) is 0 Å². The molecule has 19 heavy (non-hydrogen) atoms. The van der Waals surface area contributed by atoms with Crippen molar-refractivity contribution >= 4 is 15.9 Å². The van der Waals surface area contributed by atoms with E-state index in [0.717, 1.165) is 10.0 Å². The molecule has 3 rings (SSSR count). The molecule has 1 aliphatic rings. The Morgan fingerprint density at radius 2 is 1.53 bits per heavy atom. The van der Waals surface area contributed by atoms with Crippen LogP contribution in [0.15, 0.2) is 46.9 Å². The van der Waals surface area contributed by atoms with Crippen LogP contribution in [-0.4, -0.2) is 14.2 Å². The average Bonchev–Trinajstić information content (AvgIpc) is 2.46. The number of hydrogen-bond acceptors (Lipinski definition) is 2. The van der Waals surface area contributed by atoms with Gasteiger partial charge < -0.3 is 9.47 Å². The van der Waals surface area contributed by atoms with E-state index in [2.05, 4.69) is 46.3 Å². The van der Waals surface area contributed by atoms with Gasteiger partial charge in [-0.25, -0.2) is 0 Å². The first kappa shape index (κ1) is 12.9. The Labute approximate surface area is 121 Å². The van der Waals surface area contributed by atoms with Gasteiger partial charge in [-0.05, 0) is 22.8 Å². The summed E-state index contributed by atoms with van der Waals surface area (Å²) in [5.41, 5.74) is 4.78. The molecule has 0 bridgehead atoms. The molecule has 0 saturated heterocycles. The van der Waals surface area contributed by atoms with Crippen molar-refractivity contribution in [3.63, 3.8) is 0 Å². The van der Waals surface area contributed by atoms with Crippen LogP contribution in [0.2, 0.25) is 0 Å². The molecular weight excluding hydrogens is 304 g/mol. The highest BCUT2D eigenvalue weighted by Crippen LogP contribution is 2.49. The van der Waals surface area contributed by atoms with Crippen LogP contribution in [-0.2, 0) is 9.47 Å². The van der Waals surface area contributed by atoms with E-state index >= 15 is 0 Å². The first-order chi connectivity index (χ1) is 9.27. The highest BCUT2D eigenvalue weighted by Gasteiger charge is 2.35. The van der Waals surface area contributed by atoms with Gasteiger partial charge in [0.2, 0.25) is 0 Å². The summed E-state index contributed by atoms with van der Waals surface area (Å²) in [6.45, 7) is 0. The van der Waals surface area contributed by atoms with Crippen molar-refractivity contribution in [1.29, 1.82) is 0 Å². The number of rotatable bonds is 2. The lowest BCUT2D eigenvalue weighted by molar-refractivity contribution is -0.0412. The van der Waals surface area contributed by atoms with Crippen LogP contribution in [0.1, 0.15) is 23.3 Å². The van der Waals surface area contributed by atoms with Gasteiger partial charge in [0.15, 0.2) is 0 Å². The third kappa shape index (κ3) is 1.93. The molecule has 0 heterocycles. The van der Waals surface area contributed by atoms with Crippen LogP contribution in [0.5, 0.6) is 0 Å². The minimum atomic E-state index is -0.0922. The Balaban J connectivity index is 2.32. The zero-order chi connectivity index (χ0) is 13.4. The molecule has 3 heteroatoms. The molecule has 0 fully saturated rings. The van der Waals surface area contributed by atoms with E-state index < -0.39 is 0 Å². The van der Waals surface area contributed by atoms with Gasteiger partial charge in [-0.15, -0.1) is 0 Å². The Morgan fingerprint density at radius 1 is 0.842 bits per heavy atom. The van der Waals surface area contributed by atoms with E-state index in [4.69, 9.17) is 9.47 Å². The fourth-order valence-electron chi connectivity index (χ4n) is 2.86. The number of halogens is 1. The highest BCUT2D eigenvalue weighted by atomic mass is 79.9. The van der Waals surface area contributed by atoms with Gasteiger partial charge in [0, 0.05) is 24.3 Å². The standard InChI is InChI=1S/C16H15BrO2/c1-18-15-12-7-4-3-6-10(12)11-8-5-9-13(17)14(11)16(15)19-2/h3-9,15-16H,1-2H3. The fraction of sp³-hybridized carbons (Fsp3) is 0.250. The fourth-order valence-corrected chi connectivity index (χ4v) is 3.45. The van der Waals surface area contributed by atoms with E-state index in [9.17, 15) is 0 Å². The minimum Gasteiger partial charge on any atom is -0.374 e. The molecule has 98 valence electrons. The highest BCUT2D eigenvalue weighted by molar-refractivity contribution is 9.10. The maximum Gasteiger partial charge on any atom is 0.114 e. The van der Waals surface area contributed by atoms with E-state index in [1.807, 2.05) is 12.1 Å². The van der Waals surface area contributed by atoms with Crippen LogP contribution in [0.25, 0.3) is 11.1 Å². The summed E-state index contributed by atoms with van der Waals surface area (Å²) < 4.78 is 12.5. The van der Waals surface area contributed by atoms with E-state index in [-0.39, 0.29) is 12.2 Å². The quantitative estimate of drug-likeness (QED) is 0.811. The molecule has 0 N–H and O–H groups in total. The summed E-state index contributed by atoms with van der Waals surface area (Å²) >= 11 is 3.64. The normalized spacial score (nSPS) is 20.8. The molecule has 0 spiro atoms. The first-order valence-electron chi connectivity index (χ1n) is 6.21. The number of ether oxygens (including phenoxy) is 2. The van der Waals surface area contributed by atoms with Crippen molar-refractivity contribution in [3.8, 4) is 11.1 Å². The minimum absolute atomic E-state index is 0.0765. The van der Waals surface area contributed by atoms with Gasteiger partial charge in [0.05, 0.1) is 0 Å². The van der Waals surface area contributed by atoms with Crippen LogP contribution in [0.4, 0.5) is 0 Å². The summed E-state index contributed by atoms with van der Waals surface area (Å²) in [7, 11) is 3.46. The topological polar surface area (TPSA) is 18.5 Å². The molecule has 0 aliphatic heterocycles. The van der Waals surface area contributed by atoms with Crippen LogP contribution < -0.4 is 0 Å². The first-order valence-corrected chi connectivity index (χ1v) is 7.00. The van der Waals surface area contributed by atoms with E-state index in [0.29, 0.717) is 0 Å². The molecule has 2 aromatic carbocycles. The van der Waals surface area contributed by atoms with Gasteiger partial charge >= 0.3 is 0 Å². The SMILES string of the molecule is COC1c2ccccc2-c2cccc(Br)c2C1OC. The summed E-state index contributed by atoms with van der Waals surface area (Å²) in [6, 6.07) is 14.6. The number of fused-ring (bicyclic) bond motifs is 3. The Kier molecular flexibility index (Phi) is 3.44. The summed E-state index contributed by atoms with van der Waals surface area (Å²) in [5.74, 6) is 0. The lowest BCUT2D eigenvalue weighted by Crippen LogP contribution is -2.21. The third-order valence-corrected chi connectivity index (χ3v) is 4.37. The Hall–Kier alpha value is -1.16. The molecular formula is C16H15BrO2. The van der Waals surface area contributed by atoms with Crippen molar-refractivity contribution in [2.24, 2.45) is 0 Å². The zero-order valence-corrected chi connectivity index (χ0v) is 12.5. The maximum atomic E-state index is 5.70. The lowest BCUT2D eigenvalue weighted by atomic mass is 9.82. The molecule has 0 amide bonds. The Bertz CT molecular complexity index is 609. The number of methoxy groups -OCH3 is 2. The second-order valence-electron chi connectivity index (χ2n) is 4.60. The molecule has 0 radical (unpaired) electrons. The van der Waals surface area contributed by atoms with Gasteiger partial charge in [-0.1, -0.05) is 52.3 Å². The average molecular weight is 319 g/mol. The predicted molar refractivity (Wildman–Crippen MR) is 79.1 cm³/mol. The molecule has 0 aromatic heterocycles. The zero-order valence-electron chi connectivity index (χ0n) is 10.9. The van der Waals surface area contributed by atoms with E-state index in [1.165, 1.54) is 16.7 Å². The second-order valence-corrected chi connectivity index (χ2v) is 5.46. The predicted octanol–water partition coefficient (Wildman–Crippen LogP) is 4.50. The summed E-state index contributed by atoms with van der Waals surface area (Å²) in [4.78, 5) is 0. The molecule has 2 aromatic rings. The molecule has 2 nitrogen and oxygen atoms in total. The van der Waals surface area contributed by atoms with Crippen molar-refractivity contribution in [1.82, 2.24) is 0 Å². The van der Waals surface area contributed by atoms with Gasteiger partial charge in [0.1, 0.15) is 12.2 Å². The van der Waals surface area contributed by atoms with Crippen LogP contribution in [0.3, 0.4) is 0 Å². The Morgan fingerprint density at radius 3 is 2.26 bits per heavy atom. The third-order valence-electron chi connectivity index (χ3n) is 3.68. The number of hydrogen-bond donors (Lipinski definition) is 0. The van der Waals surface area contributed by atoms with Crippen LogP contribution >= 0.6 is 15.9 Å². The molecule has 2 atom stereocenters. The van der Waals surface area contributed by atoms with Crippen molar-refractivity contribution in [2.45, 2.75) is 12.2 Å². The number of benzene rings is 2. The van der Waals surface area contributed by atoms with Crippen molar-refractivity contribution in [2.75, 3.05) is 14.2 Å². The monoisotopic (exact) mass is 318 g/mol. The van der Waals surface area contributed by atoms with E-state index in [1.54, 1.807) is 14.2 Å². The second kappa shape index (κ2) is 5.08. The summed E-state index contributed by atoms with van der Waals surface area (Å²) in [5, 5.41) is 0. The van der Waals surface area contributed by atoms with Crippen molar-refractivity contribution < 1.29 is 9.47 Å². The molecule has 0 saturated carbocycles. The van der Waals surface area contributed by atoms with Gasteiger partial charge in [-0.2, -0.15) is 0 Å². The smallest absolute Gasteiger partial charge is 0.114 e. The molecule has 1 aliphatic carbocycles. The lowest BCUT2D eigenvalue weighted by Gasteiger charge is -2.34. The molecule has 2 unspecified atom stereocenters. The maximum absolute atomic E-state index is 5.70.